The first-order chi connectivity index (χ1) is 23.6. The molecule has 4 aliphatic rings. The van der Waals surface area contributed by atoms with Crippen LogP contribution in [0.2, 0.25) is 10.0 Å². The van der Waals surface area contributed by atoms with Crippen LogP contribution in [0.15, 0.2) is 109 Å². The number of aryl methyl sites for hydroxylation is 1. The first-order valence-corrected chi connectivity index (χ1v) is 17.0. The van der Waals surface area contributed by atoms with Crippen LogP contribution in [0.1, 0.15) is 35.4 Å². The Bertz CT molecular complexity index is 2070. The Hall–Kier alpha value is -4.92. The zero-order chi connectivity index (χ0) is 34.2. The van der Waals surface area contributed by atoms with Crippen LogP contribution in [-0.2, 0) is 24.6 Å². The van der Waals surface area contributed by atoms with Gasteiger partial charge in [-0.05, 0) is 85.8 Å². The summed E-state index contributed by atoms with van der Waals surface area (Å²) in [5.74, 6) is -5.52. The Morgan fingerprint density at radius 1 is 0.796 bits per heavy atom. The predicted molar refractivity (Wildman–Crippen MR) is 186 cm³/mol. The minimum Gasteiger partial charge on any atom is -0.508 e. The van der Waals surface area contributed by atoms with Crippen LogP contribution < -0.4 is 10.3 Å². The molecule has 0 unspecified atom stereocenters. The lowest BCUT2D eigenvalue weighted by atomic mass is 9.49. The molecule has 2 heterocycles. The number of aromatic hydroxyl groups is 1. The molecule has 0 bridgehead atoms. The smallest absolute Gasteiger partial charge is 0.260 e. The minimum absolute atomic E-state index is 0.0889. The molecule has 8 nitrogen and oxygen atoms in total. The number of carbonyl (C=O) groups is 4. The van der Waals surface area contributed by atoms with Gasteiger partial charge in [0, 0.05) is 21.5 Å². The van der Waals surface area contributed by atoms with Gasteiger partial charge in [-0.15, -0.1) is 0 Å². The maximum atomic E-state index is 15.2. The number of benzene rings is 4. The lowest BCUT2D eigenvalue weighted by Crippen LogP contribution is -2.53. The number of anilines is 2. The Morgan fingerprint density at radius 2 is 1.49 bits per heavy atom. The summed E-state index contributed by atoms with van der Waals surface area (Å²) in [5.41, 5.74) is 5.29. The van der Waals surface area contributed by atoms with Crippen molar-refractivity contribution in [3.63, 3.8) is 0 Å². The van der Waals surface area contributed by atoms with Crippen molar-refractivity contribution in [2.45, 2.75) is 31.1 Å². The van der Waals surface area contributed by atoms with Gasteiger partial charge in [0.1, 0.15) is 5.75 Å². The summed E-state index contributed by atoms with van der Waals surface area (Å²) in [4.78, 5) is 59.4. The molecular weight excluding hydrogens is 661 g/mol. The fraction of sp³-hybridized carbons (Fsp3) is 0.231. The van der Waals surface area contributed by atoms with Gasteiger partial charge in [0.15, 0.2) is 0 Å². The summed E-state index contributed by atoms with van der Waals surface area (Å²) < 4.78 is 0. The average Bonchev–Trinajstić information content (AvgIpc) is 3.48. The first-order valence-electron chi connectivity index (χ1n) is 16.2. The number of nitrogens with one attached hydrogen (secondary N) is 1. The summed E-state index contributed by atoms with van der Waals surface area (Å²) >= 11 is 12.7. The highest BCUT2D eigenvalue weighted by Gasteiger charge is 2.70. The van der Waals surface area contributed by atoms with Gasteiger partial charge in [-0.2, -0.15) is 5.01 Å². The van der Waals surface area contributed by atoms with Crippen LogP contribution in [0.3, 0.4) is 0 Å². The van der Waals surface area contributed by atoms with Crippen molar-refractivity contribution in [3.05, 3.63) is 135 Å². The third-order valence-corrected chi connectivity index (χ3v) is 11.3. The number of fused-ring (bicyclic) bond motifs is 4. The van der Waals surface area contributed by atoms with E-state index in [1.165, 1.54) is 11.0 Å². The van der Waals surface area contributed by atoms with E-state index in [4.69, 9.17) is 23.2 Å². The normalized spacial score (nSPS) is 27.5. The monoisotopic (exact) mass is 691 g/mol. The number of amides is 4. The third-order valence-electron chi connectivity index (χ3n) is 10.8. The number of nitrogens with zero attached hydrogens (tertiary/aromatic N) is 2. The van der Waals surface area contributed by atoms with Crippen LogP contribution in [0, 0.1) is 30.6 Å². The Balaban J connectivity index is 1.33. The van der Waals surface area contributed by atoms with Crippen molar-refractivity contribution >= 4 is 58.2 Å². The molecule has 4 amide bonds. The number of hydrogen-bond acceptors (Lipinski definition) is 6. The molecule has 4 aromatic carbocycles. The van der Waals surface area contributed by atoms with E-state index in [0.717, 1.165) is 16.1 Å². The number of hydrazine groups is 1. The predicted octanol–water partition coefficient (Wildman–Crippen LogP) is 7.20. The molecule has 0 radical (unpaired) electrons. The van der Waals surface area contributed by atoms with Crippen LogP contribution in [0.4, 0.5) is 11.4 Å². The van der Waals surface area contributed by atoms with Gasteiger partial charge in [-0.1, -0.05) is 82.9 Å². The quantitative estimate of drug-likeness (QED) is 0.169. The van der Waals surface area contributed by atoms with E-state index in [-0.39, 0.29) is 30.4 Å². The van der Waals surface area contributed by atoms with Gasteiger partial charge >= 0.3 is 0 Å². The molecule has 6 atom stereocenters. The number of carbonyl (C=O) groups excluding carboxylic acids is 4. The van der Waals surface area contributed by atoms with Crippen LogP contribution in [0.25, 0.3) is 0 Å². The van der Waals surface area contributed by atoms with E-state index in [1.54, 1.807) is 48.5 Å². The van der Waals surface area contributed by atoms with Crippen LogP contribution in [0.5, 0.6) is 5.75 Å². The summed E-state index contributed by atoms with van der Waals surface area (Å²) in [6, 6.07) is 27.8. The summed E-state index contributed by atoms with van der Waals surface area (Å²) in [7, 11) is 0. The van der Waals surface area contributed by atoms with Crippen molar-refractivity contribution in [3.8, 4) is 5.75 Å². The lowest BCUT2D eigenvalue weighted by Gasteiger charge is -2.50. The summed E-state index contributed by atoms with van der Waals surface area (Å²) in [5, 5.41) is 13.4. The van der Waals surface area contributed by atoms with Gasteiger partial charge in [0.25, 0.3) is 11.8 Å². The number of rotatable bonds is 5. The van der Waals surface area contributed by atoms with E-state index >= 15 is 4.79 Å². The highest BCUT2D eigenvalue weighted by atomic mass is 35.5. The highest BCUT2D eigenvalue weighted by molar-refractivity contribution is 6.31. The zero-order valence-corrected chi connectivity index (χ0v) is 27.9. The standard InChI is InChI=1S/C39H31Cl2N3O5/c1-21-7-12-25(13-8-21)42-44-36(47)31-20-29-27(16-17-28-33(29)37(48)43(35(28)46)26-14-9-23(40)10-15-26)34(30-19-24(41)11-18-32(30)45)39(31,38(44)49)22-5-3-2-4-6-22/h2-16,18-19,28-29,31,33-34,42,45H,17,20H2,1H3/t28-,29+,31-,33-,34+,39+/m0/s1. The van der Waals surface area contributed by atoms with Gasteiger partial charge in [0.05, 0.1) is 34.5 Å². The number of imide groups is 2. The second kappa shape index (κ2) is 11.6. The molecule has 2 aliphatic heterocycles. The highest BCUT2D eigenvalue weighted by Crippen LogP contribution is 2.65. The molecule has 2 aliphatic carbocycles. The Labute approximate surface area is 292 Å². The molecule has 49 heavy (non-hydrogen) atoms. The van der Waals surface area contributed by atoms with Crippen molar-refractivity contribution in [1.29, 1.82) is 0 Å². The largest absolute Gasteiger partial charge is 0.508 e. The molecular formula is C39H31Cl2N3O5. The average molecular weight is 693 g/mol. The molecule has 0 aromatic heterocycles. The fourth-order valence-electron chi connectivity index (χ4n) is 8.69. The molecule has 4 aromatic rings. The van der Waals surface area contributed by atoms with E-state index in [2.05, 4.69) is 5.43 Å². The number of halogens is 2. The molecule has 2 saturated heterocycles. The molecule has 0 spiro atoms. The van der Waals surface area contributed by atoms with Gasteiger partial charge in [-0.3, -0.25) is 29.5 Å². The molecule has 246 valence electrons. The fourth-order valence-corrected chi connectivity index (χ4v) is 9.00. The zero-order valence-electron chi connectivity index (χ0n) is 26.3. The number of phenols is 1. The van der Waals surface area contributed by atoms with Crippen molar-refractivity contribution in [1.82, 2.24) is 5.01 Å². The maximum absolute atomic E-state index is 15.2. The van der Waals surface area contributed by atoms with Crippen LogP contribution >= 0.6 is 23.2 Å². The second-order valence-electron chi connectivity index (χ2n) is 13.3. The number of phenolic OH excluding ortho intramolecular Hbond substituents is 1. The van der Waals surface area contributed by atoms with Crippen molar-refractivity contribution < 1.29 is 24.3 Å². The van der Waals surface area contributed by atoms with Crippen molar-refractivity contribution in [2.75, 3.05) is 10.3 Å². The molecule has 3 fully saturated rings. The Morgan fingerprint density at radius 3 is 2.20 bits per heavy atom. The maximum Gasteiger partial charge on any atom is 0.260 e. The van der Waals surface area contributed by atoms with Gasteiger partial charge in [0.2, 0.25) is 11.8 Å². The number of allylic oxidation sites excluding steroid dienone is 2. The van der Waals surface area contributed by atoms with Gasteiger partial charge < -0.3 is 5.11 Å². The van der Waals surface area contributed by atoms with E-state index < -0.39 is 46.8 Å². The van der Waals surface area contributed by atoms with Gasteiger partial charge in [-0.25, -0.2) is 0 Å². The topological polar surface area (TPSA) is 107 Å². The molecule has 8 rings (SSSR count). The molecule has 1 saturated carbocycles. The molecule has 10 heteroatoms. The lowest BCUT2D eigenvalue weighted by molar-refractivity contribution is -0.138. The Kier molecular flexibility index (Phi) is 7.42. The molecule has 2 N–H and O–H groups in total. The summed E-state index contributed by atoms with van der Waals surface area (Å²) in [6.45, 7) is 1.95. The SMILES string of the molecule is Cc1ccc(NN2C(=O)[C@@H]3C[C@@H]4C(=CC[C@@H]5C(=O)N(c6ccc(Cl)cc6)C(=O)[C@@H]54)[C@H](c4cc(Cl)ccc4O)[C@]3(c3ccccc3)C2=O)cc1. The second-order valence-corrected chi connectivity index (χ2v) is 14.2. The van der Waals surface area contributed by atoms with E-state index in [9.17, 15) is 19.5 Å². The van der Waals surface area contributed by atoms with Crippen LogP contribution in [-0.4, -0.2) is 33.7 Å². The third kappa shape index (κ3) is 4.65. The summed E-state index contributed by atoms with van der Waals surface area (Å²) in [6.07, 6.45) is 2.35. The number of hydrogen-bond donors (Lipinski definition) is 2. The van der Waals surface area contributed by atoms with Crippen molar-refractivity contribution in [2.24, 2.45) is 23.7 Å². The minimum atomic E-state index is -1.51. The van der Waals surface area contributed by atoms with E-state index in [0.29, 0.717) is 32.5 Å². The first kappa shape index (κ1) is 31.4. The van der Waals surface area contributed by atoms with E-state index in [1.807, 2.05) is 55.5 Å².